The Morgan fingerprint density at radius 1 is 1.12 bits per heavy atom. The molecule has 2 unspecified atom stereocenters. The third kappa shape index (κ3) is 3.41. The molecule has 1 N–H and O–H groups in total. The van der Waals surface area contributed by atoms with Crippen LogP contribution in [0.4, 0.5) is 0 Å². The molecule has 1 fully saturated rings. The van der Waals surface area contributed by atoms with Crippen LogP contribution in [0.2, 0.25) is 0 Å². The molecule has 1 saturated heterocycles. The fraction of sp³-hybridized carbons (Fsp3) is 0.200. The van der Waals surface area contributed by atoms with Crippen molar-refractivity contribution in [1.82, 2.24) is 14.9 Å². The summed E-state index contributed by atoms with van der Waals surface area (Å²) in [6.45, 7) is 2.17. The van der Waals surface area contributed by atoms with Crippen molar-refractivity contribution >= 4 is 17.4 Å². The van der Waals surface area contributed by atoms with Crippen LogP contribution in [0.3, 0.4) is 0 Å². The molecule has 0 bridgehead atoms. The number of Topliss-reactive ketones (excluding diaryl/α,β-unsaturated/α-hetero) is 1. The molecule has 7 nitrogen and oxygen atoms in total. The summed E-state index contributed by atoms with van der Waals surface area (Å²) in [6.07, 6.45) is 5.65. The number of amides is 1. The number of fused-ring (bicyclic) bond motifs is 1. The van der Waals surface area contributed by atoms with Crippen molar-refractivity contribution in [3.63, 3.8) is 0 Å². The van der Waals surface area contributed by atoms with Gasteiger partial charge >= 0.3 is 0 Å². The van der Waals surface area contributed by atoms with Gasteiger partial charge in [0.05, 0.1) is 11.3 Å². The molecule has 2 aliphatic rings. The number of aliphatic hydroxyl groups is 1. The van der Waals surface area contributed by atoms with Crippen LogP contribution in [0.5, 0.6) is 5.75 Å². The Kier molecular flexibility index (Phi) is 4.93. The van der Waals surface area contributed by atoms with Crippen LogP contribution >= 0.6 is 0 Å². The highest BCUT2D eigenvalue weighted by atomic mass is 16.5. The van der Waals surface area contributed by atoms with Gasteiger partial charge in [0, 0.05) is 37.1 Å². The maximum atomic E-state index is 13.1. The third-order valence-corrected chi connectivity index (χ3v) is 5.78. The molecule has 160 valence electrons. The van der Waals surface area contributed by atoms with Crippen LogP contribution in [-0.4, -0.2) is 37.8 Å². The van der Waals surface area contributed by atoms with Gasteiger partial charge in [-0.2, -0.15) is 0 Å². The van der Waals surface area contributed by atoms with Crippen LogP contribution < -0.4 is 4.74 Å². The van der Waals surface area contributed by atoms with Crippen molar-refractivity contribution in [3.8, 4) is 5.75 Å². The maximum absolute atomic E-state index is 13.1. The fourth-order valence-electron chi connectivity index (χ4n) is 4.30. The first-order chi connectivity index (χ1) is 15.5. The number of hydrogen-bond donors (Lipinski definition) is 1. The number of nitrogens with zero attached hydrogens (tertiary/aromatic N) is 3. The number of carbonyl (C=O) groups is 2. The molecular weight excluding hydrogens is 406 g/mol. The van der Waals surface area contributed by atoms with E-state index < -0.39 is 17.7 Å². The minimum absolute atomic E-state index is 0.0367. The number of rotatable bonds is 4. The van der Waals surface area contributed by atoms with Gasteiger partial charge in [-0.15, -0.1) is 0 Å². The van der Waals surface area contributed by atoms with Gasteiger partial charge in [-0.1, -0.05) is 6.07 Å². The molecule has 7 heteroatoms. The molecule has 0 radical (unpaired) electrons. The van der Waals surface area contributed by atoms with Gasteiger partial charge < -0.3 is 14.7 Å². The predicted molar refractivity (Wildman–Crippen MR) is 117 cm³/mol. The van der Waals surface area contributed by atoms with E-state index in [1.807, 2.05) is 13.0 Å². The highest BCUT2D eigenvalue weighted by molar-refractivity contribution is 6.46. The number of likely N-dealkylation sites (tertiary alicyclic amines) is 1. The minimum atomic E-state index is -0.798. The summed E-state index contributed by atoms with van der Waals surface area (Å²) in [4.78, 5) is 36.0. The number of ether oxygens (including phenoxy) is 1. The van der Waals surface area contributed by atoms with Crippen molar-refractivity contribution in [3.05, 3.63) is 95.1 Å². The molecule has 3 aromatic rings. The largest absolute Gasteiger partial charge is 0.507 e. The average Bonchev–Trinajstić information content (AvgIpc) is 3.31. The van der Waals surface area contributed by atoms with E-state index in [0.29, 0.717) is 11.3 Å². The Morgan fingerprint density at radius 2 is 1.94 bits per heavy atom. The molecule has 32 heavy (non-hydrogen) atoms. The van der Waals surface area contributed by atoms with E-state index >= 15 is 0 Å². The van der Waals surface area contributed by atoms with Crippen molar-refractivity contribution in [2.24, 2.45) is 0 Å². The summed E-state index contributed by atoms with van der Waals surface area (Å²) >= 11 is 0. The Labute approximate surface area is 185 Å². The van der Waals surface area contributed by atoms with Crippen LogP contribution in [-0.2, 0) is 22.6 Å². The van der Waals surface area contributed by atoms with E-state index in [2.05, 4.69) is 9.97 Å². The minimum Gasteiger partial charge on any atom is -0.507 e. The average molecular weight is 427 g/mol. The molecule has 2 aromatic heterocycles. The van der Waals surface area contributed by atoms with Gasteiger partial charge in [-0.05, 0) is 60.5 Å². The first kappa shape index (κ1) is 19.9. The van der Waals surface area contributed by atoms with Crippen LogP contribution in [0.25, 0.3) is 5.76 Å². The third-order valence-electron chi connectivity index (χ3n) is 5.78. The monoisotopic (exact) mass is 427 g/mol. The zero-order valence-electron chi connectivity index (χ0n) is 17.4. The highest BCUT2D eigenvalue weighted by Gasteiger charge is 2.46. The van der Waals surface area contributed by atoms with E-state index in [1.165, 1.54) is 4.90 Å². The molecule has 0 aliphatic carbocycles. The summed E-state index contributed by atoms with van der Waals surface area (Å²) in [5, 5.41) is 11.2. The predicted octanol–water partition coefficient (Wildman–Crippen LogP) is 3.42. The standard InChI is InChI=1S/C25H21N3O4/c1-15-12-18-13-17(5-6-20(18)32-15)23(29)21-22(19-4-2-3-9-27-19)28(25(31)24(21)30)14-16-7-10-26-11-8-16/h2-11,13,15,22,29H,12,14H2,1H3/b23-21-. The van der Waals surface area contributed by atoms with E-state index in [4.69, 9.17) is 4.74 Å². The summed E-state index contributed by atoms with van der Waals surface area (Å²) in [6, 6.07) is 13.4. The van der Waals surface area contributed by atoms with Gasteiger partial charge in [0.2, 0.25) is 0 Å². The second kappa shape index (κ2) is 7.92. The lowest BCUT2D eigenvalue weighted by Crippen LogP contribution is -2.29. The Balaban J connectivity index is 1.62. The van der Waals surface area contributed by atoms with Crippen LogP contribution in [0.1, 0.15) is 35.3 Å². The van der Waals surface area contributed by atoms with Crippen molar-refractivity contribution in [2.75, 3.05) is 0 Å². The molecule has 5 rings (SSSR count). The second-order valence-electron chi connectivity index (χ2n) is 7.99. The van der Waals surface area contributed by atoms with Crippen molar-refractivity contribution in [2.45, 2.75) is 32.0 Å². The number of pyridine rings is 2. The molecule has 1 amide bonds. The smallest absolute Gasteiger partial charge is 0.296 e. The Morgan fingerprint density at radius 3 is 2.69 bits per heavy atom. The lowest BCUT2D eigenvalue weighted by Gasteiger charge is -2.24. The molecule has 4 heterocycles. The van der Waals surface area contributed by atoms with E-state index in [-0.39, 0.29) is 24.0 Å². The molecule has 0 spiro atoms. The number of hydrogen-bond acceptors (Lipinski definition) is 6. The van der Waals surface area contributed by atoms with Gasteiger partial charge in [-0.3, -0.25) is 19.6 Å². The highest BCUT2D eigenvalue weighted by Crippen LogP contribution is 2.40. The van der Waals surface area contributed by atoms with E-state index in [9.17, 15) is 14.7 Å². The van der Waals surface area contributed by atoms with Gasteiger partial charge in [0.15, 0.2) is 0 Å². The normalized spacial score (nSPS) is 21.5. The number of carbonyl (C=O) groups excluding carboxylic acids is 2. The summed E-state index contributed by atoms with van der Waals surface area (Å²) in [7, 11) is 0. The van der Waals surface area contributed by atoms with Crippen LogP contribution in [0.15, 0.2) is 72.7 Å². The van der Waals surface area contributed by atoms with E-state index in [1.54, 1.807) is 61.1 Å². The molecule has 1 aromatic carbocycles. The molecule has 2 atom stereocenters. The Hall–Kier alpha value is -4.00. The second-order valence-corrected chi connectivity index (χ2v) is 7.99. The van der Waals surface area contributed by atoms with E-state index in [0.717, 1.165) is 23.3 Å². The molecule has 2 aliphatic heterocycles. The SMILES string of the molecule is CC1Cc2cc(/C(O)=C3/C(=O)C(=O)N(Cc4ccncc4)C3c3ccccn3)ccc2O1. The van der Waals surface area contributed by atoms with Crippen molar-refractivity contribution in [1.29, 1.82) is 0 Å². The lowest BCUT2D eigenvalue weighted by atomic mass is 9.97. The zero-order valence-corrected chi connectivity index (χ0v) is 17.4. The summed E-state index contributed by atoms with van der Waals surface area (Å²) in [5.41, 5.74) is 2.81. The fourth-order valence-corrected chi connectivity index (χ4v) is 4.30. The quantitative estimate of drug-likeness (QED) is 0.390. The summed E-state index contributed by atoms with van der Waals surface area (Å²) in [5.74, 6) is -0.832. The van der Waals surface area contributed by atoms with Gasteiger partial charge in [-0.25, -0.2) is 0 Å². The zero-order chi connectivity index (χ0) is 22.2. The first-order valence-electron chi connectivity index (χ1n) is 10.4. The van der Waals surface area contributed by atoms with Gasteiger partial charge in [0.1, 0.15) is 23.7 Å². The topological polar surface area (TPSA) is 92.6 Å². The van der Waals surface area contributed by atoms with Crippen molar-refractivity contribution < 1.29 is 19.4 Å². The summed E-state index contributed by atoms with van der Waals surface area (Å²) < 4.78 is 5.74. The van der Waals surface area contributed by atoms with Gasteiger partial charge in [0.25, 0.3) is 11.7 Å². The molecule has 0 saturated carbocycles. The number of aromatic nitrogens is 2. The number of aliphatic hydroxyl groups excluding tert-OH is 1. The molecular formula is C25H21N3O4. The van der Waals surface area contributed by atoms with Crippen LogP contribution in [0, 0.1) is 0 Å². The number of benzene rings is 1. The Bertz CT molecular complexity index is 1220. The lowest BCUT2D eigenvalue weighted by molar-refractivity contribution is -0.140. The maximum Gasteiger partial charge on any atom is 0.296 e. The number of ketones is 1. The first-order valence-corrected chi connectivity index (χ1v) is 10.4.